The van der Waals surface area contributed by atoms with Crippen molar-refractivity contribution >= 4 is 33.6 Å². The van der Waals surface area contributed by atoms with Crippen molar-refractivity contribution in [3.05, 3.63) is 86.8 Å². The number of aromatic nitrogens is 2. The van der Waals surface area contributed by atoms with Gasteiger partial charge in [0.15, 0.2) is 16.5 Å². The Morgan fingerprint density at radius 1 is 1.22 bits per heavy atom. The van der Waals surface area contributed by atoms with Crippen molar-refractivity contribution in [3.63, 3.8) is 0 Å². The average Bonchev–Trinajstić information content (AvgIpc) is 3.27. The molecular weight excluding hydrogens is 500 g/mol. The standard InChI is InChI=1S/C26H21F2N5O3S/c1-15-14-37-26-30-13-19(25(35)33(15)26)24(34)31-21-10-16(12-29)2-4-22(21)32-8-6-18(7-9-32)36-23-5-3-17(27)11-20(23)28/h2-5,10-11,13-14,18H,6-9H2,1H3,(H,31,34). The van der Waals surface area contributed by atoms with Gasteiger partial charge < -0.3 is 15.0 Å². The number of carbonyl (C=O) groups excluding carboxylic acids is 1. The molecule has 2 aromatic heterocycles. The van der Waals surface area contributed by atoms with Crippen LogP contribution in [0, 0.1) is 29.9 Å². The molecule has 0 aliphatic carbocycles. The molecule has 2 aromatic carbocycles. The highest BCUT2D eigenvalue weighted by Crippen LogP contribution is 2.31. The van der Waals surface area contributed by atoms with E-state index in [1.807, 2.05) is 4.90 Å². The predicted octanol–water partition coefficient (Wildman–Crippen LogP) is 4.51. The fraction of sp³-hybridized carbons (Fsp3) is 0.231. The SMILES string of the molecule is Cc1csc2ncc(C(=O)Nc3cc(C#N)ccc3N3CCC(Oc4ccc(F)cc4F)CC3)c(=O)n12. The van der Waals surface area contributed by atoms with Crippen LogP contribution in [-0.4, -0.2) is 34.5 Å². The van der Waals surface area contributed by atoms with E-state index in [1.54, 1.807) is 30.5 Å². The second-order valence-corrected chi connectivity index (χ2v) is 9.49. The van der Waals surface area contributed by atoms with Crippen molar-refractivity contribution in [1.29, 1.82) is 5.26 Å². The van der Waals surface area contributed by atoms with Gasteiger partial charge in [-0.15, -0.1) is 11.3 Å². The van der Waals surface area contributed by atoms with Gasteiger partial charge >= 0.3 is 0 Å². The summed E-state index contributed by atoms with van der Waals surface area (Å²) in [5, 5.41) is 14.0. The molecule has 0 unspecified atom stereocenters. The van der Waals surface area contributed by atoms with Crippen LogP contribution in [0.3, 0.4) is 0 Å². The number of nitrogens with zero attached hydrogens (tertiary/aromatic N) is 4. The Kier molecular flexibility index (Phi) is 6.58. The van der Waals surface area contributed by atoms with Gasteiger partial charge in [-0.3, -0.25) is 14.0 Å². The van der Waals surface area contributed by atoms with Crippen LogP contribution in [0.25, 0.3) is 4.96 Å². The number of hydrogen-bond donors (Lipinski definition) is 1. The van der Waals surface area contributed by atoms with E-state index in [1.165, 1.54) is 28.0 Å². The maximum absolute atomic E-state index is 14.0. The van der Waals surface area contributed by atoms with Crippen LogP contribution >= 0.6 is 11.3 Å². The molecule has 0 spiro atoms. The Balaban J connectivity index is 1.35. The van der Waals surface area contributed by atoms with Crippen molar-refractivity contribution < 1.29 is 18.3 Å². The van der Waals surface area contributed by atoms with E-state index >= 15 is 0 Å². The van der Waals surface area contributed by atoms with Gasteiger partial charge in [0, 0.05) is 49.3 Å². The summed E-state index contributed by atoms with van der Waals surface area (Å²) < 4.78 is 34.3. The number of fused-ring (bicyclic) bond motifs is 1. The average molecular weight is 522 g/mol. The molecule has 1 fully saturated rings. The number of amides is 1. The lowest BCUT2D eigenvalue weighted by atomic mass is 10.1. The first-order valence-corrected chi connectivity index (χ1v) is 12.4. The first-order chi connectivity index (χ1) is 17.8. The van der Waals surface area contributed by atoms with E-state index in [0.29, 0.717) is 53.5 Å². The number of benzene rings is 2. The first-order valence-electron chi connectivity index (χ1n) is 11.5. The summed E-state index contributed by atoms with van der Waals surface area (Å²) in [4.78, 5) is 32.8. The molecule has 1 N–H and O–H groups in total. The third-order valence-corrected chi connectivity index (χ3v) is 7.16. The Morgan fingerprint density at radius 3 is 2.73 bits per heavy atom. The number of nitriles is 1. The number of hydrogen-bond acceptors (Lipinski definition) is 7. The van der Waals surface area contributed by atoms with E-state index in [4.69, 9.17) is 4.74 Å². The summed E-state index contributed by atoms with van der Waals surface area (Å²) in [6, 6.07) is 10.2. The lowest BCUT2D eigenvalue weighted by Crippen LogP contribution is -2.39. The summed E-state index contributed by atoms with van der Waals surface area (Å²) in [6.07, 6.45) is 2.11. The van der Waals surface area contributed by atoms with Gasteiger partial charge in [0.2, 0.25) is 0 Å². The van der Waals surface area contributed by atoms with Gasteiger partial charge in [-0.25, -0.2) is 13.8 Å². The summed E-state index contributed by atoms with van der Waals surface area (Å²) >= 11 is 1.31. The zero-order chi connectivity index (χ0) is 26.1. The highest BCUT2D eigenvalue weighted by Gasteiger charge is 2.25. The minimum Gasteiger partial charge on any atom is -0.487 e. The number of thiazole rings is 1. The third-order valence-electron chi connectivity index (χ3n) is 6.21. The molecule has 0 radical (unpaired) electrons. The Morgan fingerprint density at radius 2 is 2.00 bits per heavy atom. The zero-order valence-electron chi connectivity index (χ0n) is 19.7. The summed E-state index contributed by atoms with van der Waals surface area (Å²) in [5.41, 5.74) is 1.53. The van der Waals surface area contributed by atoms with Crippen LogP contribution in [0.5, 0.6) is 5.75 Å². The van der Waals surface area contributed by atoms with Gasteiger partial charge in [0.25, 0.3) is 11.5 Å². The fourth-order valence-electron chi connectivity index (χ4n) is 4.32. The van der Waals surface area contributed by atoms with Crippen molar-refractivity contribution in [2.45, 2.75) is 25.9 Å². The van der Waals surface area contributed by atoms with Crippen molar-refractivity contribution in [2.75, 3.05) is 23.3 Å². The van der Waals surface area contributed by atoms with Crippen molar-refractivity contribution in [3.8, 4) is 11.8 Å². The molecule has 1 aliphatic rings. The molecule has 11 heteroatoms. The van der Waals surface area contributed by atoms with Gasteiger partial charge in [-0.1, -0.05) is 0 Å². The molecule has 1 amide bonds. The molecule has 0 saturated carbocycles. The van der Waals surface area contributed by atoms with E-state index in [9.17, 15) is 23.6 Å². The summed E-state index contributed by atoms with van der Waals surface area (Å²) in [6.45, 7) is 2.83. The third kappa shape index (κ3) is 4.88. The van der Waals surface area contributed by atoms with E-state index in [0.717, 1.165) is 12.1 Å². The second-order valence-electron chi connectivity index (χ2n) is 8.65. The number of piperidine rings is 1. The number of nitrogens with one attached hydrogen (secondary N) is 1. The van der Waals surface area contributed by atoms with Gasteiger partial charge in [0.1, 0.15) is 17.5 Å². The minimum absolute atomic E-state index is 0.00361. The molecular formula is C26H21F2N5O3S. The second kappa shape index (κ2) is 9.99. The topological polar surface area (TPSA) is 99.7 Å². The molecule has 0 bridgehead atoms. The molecule has 4 aromatic rings. The molecule has 0 atom stereocenters. The van der Waals surface area contributed by atoms with Crippen LogP contribution in [-0.2, 0) is 0 Å². The molecule has 8 nitrogen and oxygen atoms in total. The highest BCUT2D eigenvalue weighted by atomic mass is 32.1. The number of anilines is 2. The lowest BCUT2D eigenvalue weighted by Gasteiger charge is -2.34. The minimum atomic E-state index is -0.749. The smallest absolute Gasteiger partial charge is 0.271 e. The first kappa shape index (κ1) is 24.4. The van der Waals surface area contributed by atoms with Crippen LogP contribution < -0.4 is 20.5 Å². The maximum Gasteiger partial charge on any atom is 0.271 e. The maximum atomic E-state index is 14.0. The van der Waals surface area contributed by atoms with E-state index < -0.39 is 23.1 Å². The number of rotatable bonds is 5. The Labute approximate surface area is 214 Å². The quantitative estimate of drug-likeness (QED) is 0.415. The number of ether oxygens (including phenoxy) is 1. The highest BCUT2D eigenvalue weighted by molar-refractivity contribution is 7.15. The molecule has 3 heterocycles. The van der Waals surface area contributed by atoms with Gasteiger partial charge in [0.05, 0.1) is 23.0 Å². The monoisotopic (exact) mass is 521 g/mol. The van der Waals surface area contributed by atoms with Gasteiger partial charge in [-0.2, -0.15) is 5.26 Å². The van der Waals surface area contributed by atoms with Crippen molar-refractivity contribution in [2.24, 2.45) is 0 Å². The van der Waals surface area contributed by atoms with E-state index in [-0.39, 0.29) is 17.4 Å². The van der Waals surface area contributed by atoms with E-state index in [2.05, 4.69) is 16.4 Å². The Hall–Kier alpha value is -4.30. The fourth-order valence-corrected chi connectivity index (χ4v) is 5.14. The Bertz CT molecular complexity index is 1600. The molecule has 37 heavy (non-hydrogen) atoms. The zero-order valence-corrected chi connectivity index (χ0v) is 20.5. The van der Waals surface area contributed by atoms with Crippen LogP contribution in [0.1, 0.15) is 34.5 Å². The predicted molar refractivity (Wildman–Crippen MR) is 135 cm³/mol. The van der Waals surface area contributed by atoms with Crippen LogP contribution in [0.4, 0.5) is 20.2 Å². The lowest BCUT2D eigenvalue weighted by molar-refractivity contribution is 0.102. The number of carbonyl (C=O) groups is 1. The normalized spacial score (nSPS) is 13.9. The van der Waals surface area contributed by atoms with Crippen molar-refractivity contribution in [1.82, 2.24) is 9.38 Å². The molecule has 188 valence electrons. The van der Waals surface area contributed by atoms with Gasteiger partial charge in [-0.05, 0) is 37.3 Å². The summed E-state index contributed by atoms with van der Waals surface area (Å²) in [5.74, 6) is -2.04. The molecule has 1 saturated heterocycles. The van der Waals surface area contributed by atoms with Crippen LogP contribution in [0.2, 0.25) is 0 Å². The largest absolute Gasteiger partial charge is 0.487 e. The molecule has 1 aliphatic heterocycles. The number of halogens is 2. The number of aryl methyl sites for hydroxylation is 1. The summed E-state index contributed by atoms with van der Waals surface area (Å²) in [7, 11) is 0. The van der Waals surface area contributed by atoms with Crippen LogP contribution in [0.15, 0.2) is 52.8 Å². The molecule has 5 rings (SSSR count).